The standard InChI is InChI=1S/2Co.Cu.4O/q2*+3;+2;4*-2. The van der Waals surface area contributed by atoms with Crippen LogP contribution in [0.3, 0.4) is 0 Å². The molecular formula is Co2CuO4. The Balaban J connectivity index is 0. The molecule has 0 saturated heterocycles. The molecule has 0 atom stereocenters. The molecule has 0 aliphatic rings. The largest absolute Gasteiger partial charge is 3.00 e. The van der Waals surface area contributed by atoms with E-state index in [4.69, 9.17) is 0 Å². The Morgan fingerprint density at radius 2 is 0.429 bits per heavy atom. The summed E-state index contributed by atoms with van der Waals surface area (Å²) in [6.45, 7) is 0. The monoisotopic (exact) mass is 245 g/mol. The molecule has 0 aliphatic carbocycles. The molecule has 4 nitrogen and oxygen atoms in total. The van der Waals surface area contributed by atoms with E-state index < -0.39 is 0 Å². The van der Waals surface area contributed by atoms with Gasteiger partial charge in [-0.1, -0.05) is 0 Å². The van der Waals surface area contributed by atoms with Crippen molar-refractivity contribution in [1.82, 2.24) is 0 Å². The second-order valence-electron chi connectivity index (χ2n) is 0. The van der Waals surface area contributed by atoms with E-state index in [1.165, 1.54) is 0 Å². The van der Waals surface area contributed by atoms with Crippen molar-refractivity contribution in [3.05, 3.63) is 0 Å². The molecule has 53 valence electrons. The Bertz CT molecular complexity index is 9.65. The third-order valence-electron chi connectivity index (χ3n) is 0. The predicted octanol–water partition coefficient (Wildman–Crippen LogP) is -0.483. The third-order valence-corrected chi connectivity index (χ3v) is 0. The fraction of sp³-hybridized carbons (Fsp3) is 0. The summed E-state index contributed by atoms with van der Waals surface area (Å²) in [6, 6.07) is 0. The normalized spacial score (nSPS) is 0. The molecule has 0 spiro atoms. The molecule has 0 aromatic rings. The summed E-state index contributed by atoms with van der Waals surface area (Å²) >= 11 is 0. The van der Waals surface area contributed by atoms with Gasteiger partial charge in [-0.2, -0.15) is 0 Å². The van der Waals surface area contributed by atoms with Crippen LogP contribution in [-0.2, 0) is 72.5 Å². The molecule has 0 N–H and O–H groups in total. The van der Waals surface area contributed by atoms with Crippen LogP contribution < -0.4 is 0 Å². The van der Waals surface area contributed by atoms with Crippen LogP contribution in [0.2, 0.25) is 0 Å². The summed E-state index contributed by atoms with van der Waals surface area (Å²) in [6.07, 6.45) is 0. The maximum atomic E-state index is 0. The van der Waals surface area contributed by atoms with E-state index in [-0.39, 0.29) is 72.5 Å². The Labute approximate surface area is 72.5 Å². The minimum Gasteiger partial charge on any atom is -2.00 e. The van der Waals surface area contributed by atoms with Gasteiger partial charge in [-0.05, 0) is 0 Å². The summed E-state index contributed by atoms with van der Waals surface area (Å²) < 4.78 is 0. The molecule has 0 aromatic heterocycles. The van der Waals surface area contributed by atoms with Crippen LogP contribution >= 0.6 is 0 Å². The van der Waals surface area contributed by atoms with Crippen molar-refractivity contribution >= 4 is 0 Å². The van der Waals surface area contributed by atoms with E-state index in [2.05, 4.69) is 0 Å². The molecule has 7 heteroatoms. The van der Waals surface area contributed by atoms with Crippen molar-refractivity contribution in [2.24, 2.45) is 0 Å². The molecule has 0 rings (SSSR count). The van der Waals surface area contributed by atoms with Crippen molar-refractivity contribution in [3.8, 4) is 0 Å². The number of rotatable bonds is 0. The van der Waals surface area contributed by atoms with Gasteiger partial charge in [0, 0.05) is 0 Å². The van der Waals surface area contributed by atoms with Gasteiger partial charge in [0.05, 0.1) is 0 Å². The summed E-state index contributed by atoms with van der Waals surface area (Å²) in [5, 5.41) is 0. The smallest absolute Gasteiger partial charge is 2.00 e. The van der Waals surface area contributed by atoms with E-state index >= 15 is 0 Å². The van der Waals surface area contributed by atoms with E-state index in [1.807, 2.05) is 0 Å². The second-order valence-corrected chi connectivity index (χ2v) is 0. The molecule has 7 heavy (non-hydrogen) atoms. The quantitative estimate of drug-likeness (QED) is 0.513. The summed E-state index contributed by atoms with van der Waals surface area (Å²) in [7, 11) is 0. The second kappa shape index (κ2) is 159. The summed E-state index contributed by atoms with van der Waals surface area (Å²) in [5.41, 5.74) is 0. The van der Waals surface area contributed by atoms with Gasteiger partial charge in [0.2, 0.25) is 0 Å². The molecular weight excluding hydrogens is 245 g/mol. The van der Waals surface area contributed by atoms with E-state index in [0.717, 1.165) is 0 Å². The Hall–Kier alpha value is 1.37. The minimum atomic E-state index is 0. The first kappa shape index (κ1) is 242. The Kier molecular flexibility index (Phi) is 5490. The molecule has 0 bridgehead atoms. The van der Waals surface area contributed by atoms with Crippen LogP contribution in [0.1, 0.15) is 0 Å². The predicted molar refractivity (Wildman–Crippen MR) is 2.75 cm³/mol. The van der Waals surface area contributed by atoms with Crippen LogP contribution in [0.5, 0.6) is 0 Å². The first-order valence-electron chi connectivity index (χ1n) is 0. The first-order valence-corrected chi connectivity index (χ1v) is 0. The maximum absolute atomic E-state index is 0. The average molecular weight is 245 g/mol. The van der Waals surface area contributed by atoms with Gasteiger partial charge in [0.25, 0.3) is 0 Å². The van der Waals surface area contributed by atoms with Gasteiger partial charge < -0.3 is 21.9 Å². The molecule has 0 fully saturated rings. The van der Waals surface area contributed by atoms with E-state index in [1.54, 1.807) is 0 Å². The molecule has 0 saturated carbocycles. The Morgan fingerprint density at radius 1 is 0.429 bits per heavy atom. The maximum Gasteiger partial charge on any atom is 3.00 e. The van der Waals surface area contributed by atoms with Gasteiger partial charge in [-0.25, -0.2) is 0 Å². The summed E-state index contributed by atoms with van der Waals surface area (Å²) in [4.78, 5) is 0. The van der Waals surface area contributed by atoms with E-state index in [9.17, 15) is 0 Å². The van der Waals surface area contributed by atoms with E-state index in [0.29, 0.717) is 0 Å². The van der Waals surface area contributed by atoms with Crippen molar-refractivity contribution in [2.45, 2.75) is 0 Å². The average Bonchev–Trinajstić information content (AvgIpc) is 0. The first-order chi connectivity index (χ1) is 0. The fourth-order valence-electron chi connectivity index (χ4n) is 0. The number of hydrogen-bond donors (Lipinski definition) is 0. The Morgan fingerprint density at radius 3 is 0.429 bits per heavy atom. The van der Waals surface area contributed by atoms with Crippen LogP contribution in [-0.4, -0.2) is 0 Å². The van der Waals surface area contributed by atoms with Crippen LogP contribution in [0.25, 0.3) is 0 Å². The van der Waals surface area contributed by atoms with Crippen molar-refractivity contribution in [1.29, 1.82) is 0 Å². The fourth-order valence-corrected chi connectivity index (χ4v) is 0. The summed E-state index contributed by atoms with van der Waals surface area (Å²) in [5.74, 6) is 0. The van der Waals surface area contributed by atoms with Gasteiger partial charge in [-0.3, -0.25) is 0 Å². The van der Waals surface area contributed by atoms with Crippen LogP contribution in [0.15, 0.2) is 0 Å². The van der Waals surface area contributed by atoms with Gasteiger partial charge in [0.1, 0.15) is 0 Å². The topological polar surface area (TPSA) is 114 Å². The molecule has 1 radical (unpaired) electrons. The zero-order valence-corrected chi connectivity index (χ0v) is 5.62. The van der Waals surface area contributed by atoms with Gasteiger partial charge in [-0.15, -0.1) is 0 Å². The van der Waals surface area contributed by atoms with Crippen LogP contribution in [0, 0.1) is 0 Å². The van der Waals surface area contributed by atoms with Gasteiger partial charge in [0.15, 0.2) is 0 Å². The molecule has 0 aromatic carbocycles. The molecule has 0 aliphatic heterocycles. The number of hydrogen-bond acceptors (Lipinski definition) is 0. The van der Waals surface area contributed by atoms with Crippen molar-refractivity contribution in [3.63, 3.8) is 0 Å². The zero-order valence-electron chi connectivity index (χ0n) is 2.60. The van der Waals surface area contributed by atoms with Crippen molar-refractivity contribution < 1.29 is 72.5 Å². The zero-order chi connectivity index (χ0) is 0. The third kappa shape index (κ3) is 113. The van der Waals surface area contributed by atoms with Crippen LogP contribution in [0.4, 0.5) is 0 Å². The van der Waals surface area contributed by atoms with Crippen molar-refractivity contribution in [2.75, 3.05) is 0 Å². The SMILES string of the molecule is [Co+3].[Co+3].[Cu+2].[O-2].[O-2].[O-2].[O-2]. The molecule has 0 heterocycles. The molecule has 0 amide bonds. The van der Waals surface area contributed by atoms with Gasteiger partial charge >= 0.3 is 50.6 Å². The molecule has 0 unspecified atom stereocenters. The minimum absolute atomic E-state index is 0.